The molecule has 0 saturated carbocycles. The Balaban J connectivity index is 1.85. The van der Waals surface area contributed by atoms with E-state index in [0.717, 1.165) is 28.5 Å². The number of rotatable bonds is 2. The van der Waals surface area contributed by atoms with Crippen LogP contribution in [0.4, 0.5) is 11.5 Å². The summed E-state index contributed by atoms with van der Waals surface area (Å²) in [5, 5.41) is 2.79. The molecule has 108 valence electrons. The highest BCUT2D eigenvalue weighted by atomic mass is 16.5. The number of aryl methyl sites for hydroxylation is 1. The van der Waals surface area contributed by atoms with Gasteiger partial charge in [0.05, 0.1) is 6.54 Å². The predicted molar refractivity (Wildman–Crippen MR) is 81.4 cm³/mol. The van der Waals surface area contributed by atoms with Gasteiger partial charge in [-0.1, -0.05) is 6.07 Å². The molecule has 1 aromatic carbocycles. The van der Waals surface area contributed by atoms with Crippen molar-refractivity contribution in [2.75, 3.05) is 16.9 Å². The Hall–Kier alpha value is -2.56. The van der Waals surface area contributed by atoms with E-state index in [-0.39, 0.29) is 5.91 Å². The molecule has 5 nitrogen and oxygen atoms in total. The lowest BCUT2D eigenvalue weighted by Gasteiger charge is -2.30. The molecule has 1 aliphatic heterocycles. The Bertz CT molecular complexity index is 685. The number of ether oxygens (including phenoxy) is 1. The fourth-order valence-electron chi connectivity index (χ4n) is 2.38. The summed E-state index contributed by atoms with van der Waals surface area (Å²) in [6.07, 6.45) is 0. The zero-order valence-corrected chi connectivity index (χ0v) is 12.1. The average Bonchev–Trinajstić information content (AvgIpc) is 2.46. The second-order valence-electron chi connectivity index (χ2n) is 5.11. The monoisotopic (exact) mass is 283 g/mol. The van der Waals surface area contributed by atoms with E-state index < -0.39 is 0 Å². The van der Waals surface area contributed by atoms with Crippen molar-refractivity contribution in [3.05, 3.63) is 47.7 Å². The SMILES string of the molecule is CC(=O)Nc1ccc2c(c1)CN(c1cccc(C)n1)CO2. The fourth-order valence-corrected chi connectivity index (χ4v) is 2.38. The van der Waals surface area contributed by atoms with Gasteiger partial charge in [0.1, 0.15) is 11.6 Å². The Labute approximate surface area is 123 Å². The molecule has 3 rings (SSSR count). The molecule has 0 fully saturated rings. The first-order valence-corrected chi connectivity index (χ1v) is 6.84. The topological polar surface area (TPSA) is 54.5 Å². The minimum absolute atomic E-state index is 0.0797. The summed E-state index contributed by atoms with van der Waals surface area (Å²) in [5.41, 5.74) is 2.80. The van der Waals surface area contributed by atoms with Crippen LogP contribution in [-0.2, 0) is 11.3 Å². The van der Waals surface area contributed by atoms with E-state index in [9.17, 15) is 4.79 Å². The van der Waals surface area contributed by atoms with Gasteiger partial charge in [0.2, 0.25) is 5.91 Å². The van der Waals surface area contributed by atoms with Crippen molar-refractivity contribution in [2.24, 2.45) is 0 Å². The first-order chi connectivity index (χ1) is 10.1. The van der Waals surface area contributed by atoms with Crippen LogP contribution in [-0.4, -0.2) is 17.6 Å². The van der Waals surface area contributed by atoms with Crippen molar-refractivity contribution < 1.29 is 9.53 Å². The van der Waals surface area contributed by atoms with Gasteiger partial charge in [-0.3, -0.25) is 4.79 Å². The molecule has 1 amide bonds. The number of nitrogens with zero attached hydrogens (tertiary/aromatic N) is 2. The molecule has 2 aromatic rings. The van der Waals surface area contributed by atoms with Crippen molar-refractivity contribution in [1.82, 2.24) is 4.98 Å². The quantitative estimate of drug-likeness (QED) is 0.920. The summed E-state index contributed by atoms with van der Waals surface area (Å²) in [4.78, 5) is 17.7. The van der Waals surface area contributed by atoms with Gasteiger partial charge < -0.3 is 15.0 Å². The summed E-state index contributed by atoms with van der Waals surface area (Å²) in [7, 11) is 0. The van der Waals surface area contributed by atoms with Gasteiger partial charge in [0, 0.05) is 23.9 Å². The second kappa shape index (κ2) is 5.44. The standard InChI is InChI=1S/C16H17N3O2/c1-11-4-3-5-16(17-11)19-9-13-8-14(18-12(2)20)6-7-15(13)21-10-19/h3-8H,9-10H2,1-2H3,(H,18,20). The number of benzene rings is 1. The van der Waals surface area contributed by atoms with Crippen molar-refractivity contribution in [2.45, 2.75) is 20.4 Å². The number of hydrogen-bond acceptors (Lipinski definition) is 4. The maximum atomic E-state index is 11.1. The highest BCUT2D eigenvalue weighted by Gasteiger charge is 2.19. The number of anilines is 2. The molecule has 0 bridgehead atoms. The Morgan fingerprint density at radius 3 is 2.95 bits per heavy atom. The molecular formula is C16H17N3O2. The zero-order valence-electron chi connectivity index (χ0n) is 12.1. The van der Waals surface area contributed by atoms with E-state index in [1.807, 2.05) is 43.3 Å². The van der Waals surface area contributed by atoms with Gasteiger partial charge in [-0.15, -0.1) is 0 Å². The third-order valence-electron chi connectivity index (χ3n) is 3.32. The zero-order chi connectivity index (χ0) is 14.8. The minimum Gasteiger partial charge on any atom is -0.473 e. The average molecular weight is 283 g/mol. The van der Waals surface area contributed by atoms with E-state index >= 15 is 0 Å². The van der Waals surface area contributed by atoms with Crippen LogP contribution >= 0.6 is 0 Å². The van der Waals surface area contributed by atoms with E-state index in [1.165, 1.54) is 6.92 Å². The summed E-state index contributed by atoms with van der Waals surface area (Å²) >= 11 is 0. The van der Waals surface area contributed by atoms with Gasteiger partial charge >= 0.3 is 0 Å². The maximum Gasteiger partial charge on any atom is 0.221 e. The summed E-state index contributed by atoms with van der Waals surface area (Å²) in [6, 6.07) is 11.6. The van der Waals surface area contributed by atoms with Crippen molar-refractivity contribution in [1.29, 1.82) is 0 Å². The lowest BCUT2D eigenvalue weighted by molar-refractivity contribution is -0.114. The largest absolute Gasteiger partial charge is 0.473 e. The number of carbonyl (C=O) groups excluding carboxylic acids is 1. The fraction of sp³-hybridized carbons (Fsp3) is 0.250. The van der Waals surface area contributed by atoms with Gasteiger partial charge in [0.15, 0.2) is 6.73 Å². The summed E-state index contributed by atoms with van der Waals surface area (Å²) in [6.45, 7) is 4.65. The van der Waals surface area contributed by atoms with Crippen molar-refractivity contribution >= 4 is 17.4 Å². The lowest BCUT2D eigenvalue weighted by atomic mass is 10.1. The van der Waals surface area contributed by atoms with Crippen LogP contribution in [0.2, 0.25) is 0 Å². The van der Waals surface area contributed by atoms with E-state index in [1.54, 1.807) is 0 Å². The van der Waals surface area contributed by atoms with Crippen LogP contribution < -0.4 is 15.0 Å². The molecule has 5 heteroatoms. The third-order valence-corrected chi connectivity index (χ3v) is 3.32. The van der Waals surface area contributed by atoms with E-state index in [0.29, 0.717) is 13.3 Å². The summed E-state index contributed by atoms with van der Waals surface area (Å²) < 4.78 is 5.76. The predicted octanol–water partition coefficient (Wildman–Crippen LogP) is 2.70. The van der Waals surface area contributed by atoms with Gasteiger partial charge in [0.25, 0.3) is 0 Å². The number of nitrogens with one attached hydrogen (secondary N) is 1. The van der Waals surface area contributed by atoms with Gasteiger partial charge in [-0.25, -0.2) is 4.98 Å². The van der Waals surface area contributed by atoms with Crippen molar-refractivity contribution in [3.63, 3.8) is 0 Å². The molecule has 1 aliphatic rings. The first-order valence-electron chi connectivity index (χ1n) is 6.84. The molecule has 21 heavy (non-hydrogen) atoms. The van der Waals surface area contributed by atoms with Crippen LogP contribution in [0.15, 0.2) is 36.4 Å². The van der Waals surface area contributed by atoms with Gasteiger partial charge in [-0.2, -0.15) is 0 Å². The molecule has 0 atom stereocenters. The Morgan fingerprint density at radius 1 is 1.33 bits per heavy atom. The number of carbonyl (C=O) groups is 1. The molecule has 0 unspecified atom stereocenters. The highest BCUT2D eigenvalue weighted by Crippen LogP contribution is 2.29. The third kappa shape index (κ3) is 2.97. The van der Waals surface area contributed by atoms with Crippen LogP contribution in [0.25, 0.3) is 0 Å². The van der Waals surface area contributed by atoms with Gasteiger partial charge in [-0.05, 0) is 37.3 Å². The number of fused-ring (bicyclic) bond motifs is 1. The Morgan fingerprint density at radius 2 is 2.19 bits per heavy atom. The minimum atomic E-state index is -0.0797. The van der Waals surface area contributed by atoms with Crippen LogP contribution in [0.5, 0.6) is 5.75 Å². The lowest BCUT2D eigenvalue weighted by Crippen LogP contribution is -2.32. The number of amides is 1. The van der Waals surface area contributed by atoms with Crippen molar-refractivity contribution in [3.8, 4) is 5.75 Å². The molecule has 1 N–H and O–H groups in total. The molecule has 1 aromatic heterocycles. The van der Waals surface area contributed by atoms with E-state index in [2.05, 4.69) is 15.2 Å². The van der Waals surface area contributed by atoms with Crippen LogP contribution in [0.3, 0.4) is 0 Å². The molecule has 0 aliphatic carbocycles. The molecule has 0 radical (unpaired) electrons. The van der Waals surface area contributed by atoms with Crippen LogP contribution in [0.1, 0.15) is 18.2 Å². The van der Waals surface area contributed by atoms with Crippen LogP contribution in [0, 0.1) is 6.92 Å². The molecular weight excluding hydrogens is 266 g/mol. The highest BCUT2D eigenvalue weighted by molar-refractivity contribution is 5.88. The normalized spacial score (nSPS) is 13.3. The smallest absolute Gasteiger partial charge is 0.221 e. The number of pyridine rings is 1. The Kier molecular flexibility index (Phi) is 3.48. The second-order valence-corrected chi connectivity index (χ2v) is 5.11. The van der Waals surface area contributed by atoms with E-state index in [4.69, 9.17) is 4.74 Å². The summed E-state index contributed by atoms with van der Waals surface area (Å²) in [5.74, 6) is 1.67. The molecule has 2 heterocycles. The molecule has 0 spiro atoms. The number of aromatic nitrogens is 1. The maximum absolute atomic E-state index is 11.1. The first kappa shape index (κ1) is 13.4. The molecule has 0 saturated heterocycles. The number of hydrogen-bond donors (Lipinski definition) is 1.